The van der Waals surface area contributed by atoms with Gasteiger partial charge in [-0.3, -0.25) is 4.79 Å². The van der Waals surface area contributed by atoms with E-state index in [1.165, 1.54) is 42.5 Å². The fraction of sp³-hybridized carbons (Fsp3) is 0.167. The molecule has 0 atom stereocenters. The van der Waals surface area contributed by atoms with Crippen LogP contribution in [0.3, 0.4) is 0 Å². The molecule has 3 rings (SSSR count). The first-order valence-corrected chi connectivity index (χ1v) is 9.50. The summed E-state index contributed by atoms with van der Waals surface area (Å²) in [6, 6.07) is 9.61. The van der Waals surface area contributed by atoms with E-state index in [9.17, 15) is 17.6 Å². The molecule has 2 N–H and O–H groups in total. The van der Waals surface area contributed by atoms with E-state index >= 15 is 0 Å². The van der Waals surface area contributed by atoms with E-state index in [0.717, 1.165) is 0 Å². The molecule has 5 nitrogen and oxygen atoms in total. The topological polar surface area (TPSA) is 86.5 Å². The number of halogens is 2. The highest BCUT2D eigenvalue weighted by atomic mass is 35.5. The van der Waals surface area contributed by atoms with E-state index in [-0.39, 0.29) is 27.0 Å². The molecule has 0 aromatic heterocycles. The molecule has 0 unspecified atom stereocenters. The van der Waals surface area contributed by atoms with Crippen LogP contribution in [0.5, 0.6) is 0 Å². The van der Waals surface area contributed by atoms with Crippen molar-refractivity contribution in [1.82, 2.24) is 0 Å². The van der Waals surface area contributed by atoms with Crippen molar-refractivity contribution in [2.75, 3.05) is 0 Å². The van der Waals surface area contributed by atoms with Crippen molar-refractivity contribution in [2.24, 2.45) is 5.14 Å². The number of hydrogen-bond acceptors (Lipinski definition) is 4. The van der Waals surface area contributed by atoms with Crippen LogP contribution in [-0.4, -0.2) is 19.8 Å². The van der Waals surface area contributed by atoms with Crippen molar-refractivity contribution in [2.45, 2.75) is 24.3 Å². The first-order valence-electron chi connectivity index (χ1n) is 7.57. The van der Waals surface area contributed by atoms with Gasteiger partial charge < -0.3 is 4.74 Å². The lowest BCUT2D eigenvalue weighted by atomic mass is 9.92. The molecule has 0 spiro atoms. The van der Waals surface area contributed by atoms with Gasteiger partial charge in [0.2, 0.25) is 15.8 Å². The molecule has 0 fully saturated rings. The van der Waals surface area contributed by atoms with Gasteiger partial charge in [0.25, 0.3) is 0 Å². The van der Waals surface area contributed by atoms with E-state index in [2.05, 4.69) is 0 Å². The summed E-state index contributed by atoms with van der Waals surface area (Å²) in [7, 11) is -3.84. The number of carbonyl (C=O) groups is 1. The van der Waals surface area contributed by atoms with Gasteiger partial charge in [-0.2, -0.15) is 0 Å². The van der Waals surface area contributed by atoms with Gasteiger partial charge in [-0.15, -0.1) is 0 Å². The third-order valence-corrected chi connectivity index (χ3v) is 5.23. The number of benzene rings is 2. The molecule has 2 aromatic carbocycles. The first-order chi connectivity index (χ1) is 12.0. The normalized spacial score (nSPS) is 16.7. The predicted molar refractivity (Wildman–Crippen MR) is 96.2 cm³/mol. The zero-order valence-electron chi connectivity index (χ0n) is 13.9. The second-order valence-corrected chi connectivity index (χ2v) is 8.31. The molecule has 136 valence electrons. The van der Waals surface area contributed by atoms with Crippen LogP contribution >= 0.6 is 11.6 Å². The molecule has 26 heavy (non-hydrogen) atoms. The highest BCUT2D eigenvalue weighted by Gasteiger charge is 2.42. The molecule has 8 heteroatoms. The molecule has 0 bridgehead atoms. The average molecular weight is 396 g/mol. The number of hydrogen-bond donors (Lipinski definition) is 1. The summed E-state index contributed by atoms with van der Waals surface area (Å²) in [5, 5.41) is 4.98. The maximum absolute atomic E-state index is 13.5. The van der Waals surface area contributed by atoms with Crippen LogP contribution in [0.2, 0.25) is 5.02 Å². The smallest absolute Gasteiger partial charge is 0.238 e. The molecule has 1 aliphatic rings. The number of carbonyl (C=O) groups excluding carboxylic acids is 1. The Balaban J connectivity index is 2.18. The molecule has 2 aromatic rings. The van der Waals surface area contributed by atoms with E-state index in [1.807, 2.05) is 0 Å². The minimum atomic E-state index is -3.84. The lowest BCUT2D eigenvalue weighted by Gasteiger charge is -2.17. The molecule has 0 amide bonds. The summed E-state index contributed by atoms with van der Waals surface area (Å²) in [5.41, 5.74) is 0.0361. The second kappa shape index (κ2) is 6.19. The second-order valence-electron chi connectivity index (χ2n) is 6.34. The Hall–Kier alpha value is -2.22. The minimum Gasteiger partial charge on any atom is -0.478 e. The van der Waals surface area contributed by atoms with Crippen LogP contribution < -0.4 is 5.14 Å². The summed E-state index contributed by atoms with van der Waals surface area (Å²) < 4.78 is 42.1. The Morgan fingerprint density at radius 1 is 1.08 bits per heavy atom. The van der Waals surface area contributed by atoms with Gasteiger partial charge in [0.1, 0.15) is 11.6 Å². The molecule has 1 heterocycles. The number of sulfonamides is 1. The van der Waals surface area contributed by atoms with Crippen molar-refractivity contribution in [3.8, 4) is 0 Å². The summed E-state index contributed by atoms with van der Waals surface area (Å²) in [5.74, 6) is -0.616. The molecule has 1 aliphatic heterocycles. The highest BCUT2D eigenvalue weighted by Crippen LogP contribution is 2.42. The number of Topliss-reactive ketones (excluding diaryl/α,β-unsaturated/α-hetero) is 1. The summed E-state index contributed by atoms with van der Waals surface area (Å²) in [6.45, 7) is 3.23. The van der Waals surface area contributed by atoms with Gasteiger partial charge in [-0.25, -0.2) is 17.9 Å². The molecule has 0 aliphatic carbocycles. The van der Waals surface area contributed by atoms with Crippen molar-refractivity contribution in [3.63, 3.8) is 0 Å². The van der Waals surface area contributed by atoms with Crippen LogP contribution in [0.25, 0.3) is 11.3 Å². The molecular formula is C18H15ClFNO4S. The minimum absolute atomic E-state index is 0.0585. The van der Waals surface area contributed by atoms with Crippen LogP contribution in [0.4, 0.5) is 4.39 Å². The van der Waals surface area contributed by atoms with E-state index in [0.29, 0.717) is 11.1 Å². The van der Waals surface area contributed by atoms with Crippen LogP contribution in [0.15, 0.2) is 47.4 Å². The Kier molecular flexibility index (Phi) is 4.42. The van der Waals surface area contributed by atoms with Crippen LogP contribution in [0.1, 0.15) is 25.0 Å². The van der Waals surface area contributed by atoms with E-state index in [1.54, 1.807) is 13.8 Å². The summed E-state index contributed by atoms with van der Waals surface area (Å²) >= 11 is 5.85. The SMILES string of the molecule is CC1(C)OC(c2ccc(S(N)(=O)=O)cc2)=C(c2ccc(F)c(Cl)c2)C1=O. The molecule has 0 saturated heterocycles. The predicted octanol–water partition coefficient (Wildman–Crippen LogP) is 3.37. The fourth-order valence-electron chi connectivity index (χ4n) is 2.67. The van der Waals surface area contributed by atoms with Crippen molar-refractivity contribution >= 4 is 38.7 Å². The third kappa shape index (κ3) is 3.25. The maximum Gasteiger partial charge on any atom is 0.238 e. The van der Waals surface area contributed by atoms with E-state index < -0.39 is 21.4 Å². The Labute approximate surface area is 155 Å². The Bertz CT molecular complexity index is 1040. The third-order valence-electron chi connectivity index (χ3n) is 4.01. The highest BCUT2D eigenvalue weighted by molar-refractivity contribution is 7.89. The van der Waals surface area contributed by atoms with Gasteiger partial charge in [0, 0.05) is 5.56 Å². The number of primary sulfonamides is 1. The van der Waals surface area contributed by atoms with Gasteiger partial charge in [-0.05, 0) is 55.8 Å². The zero-order chi connectivity index (χ0) is 19.3. The maximum atomic E-state index is 13.5. The number of ketones is 1. The van der Waals surface area contributed by atoms with Crippen molar-refractivity contribution in [3.05, 3.63) is 64.4 Å². The van der Waals surface area contributed by atoms with Gasteiger partial charge in [-0.1, -0.05) is 17.7 Å². The molecular weight excluding hydrogens is 381 g/mol. The summed E-state index contributed by atoms with van der Waals surface area (Å²) in [6.07, 6.45) is 0. The quantitative estimate of drug-likeness (QED) is 0.863. The average Bonchev–Trinajstić information content (AvgIpc) is 2.80. The van der Waals surface area contributed by atoms with Crippen LogP contribution in [0, 0.1) is 5.82 Å². The lowest BCUT2D eigenvalue weighted by molar-refractivity contribution is -0.125. The monoisotopic (exact) mass is 395 g/mol. The summed E-state index contributed by atoms with van der Waals surface area (Å²) in [4.78, 5) is 12.7. The Morgan fingerprint density at radius 2 is 1.65 bits per heavy atom. The largest absolute Gasteiger partial charge is 0.478 e. The standard InChI is InChI=1S/C18H15ClFNO4S/c1-18(2)17(22)15(11-5-8-14(20)13(19)9-11)16(25-18)10-3-6-12(7-4-10)26(21,23)24/h3-9H,1-2H3,(H2,21,23,24). The number of rotatable bonds is 3. The van der Waals surface area contributed by atoms with Gasteiger partial charge in [0.15, 0.2) is 5.60 Å². The number of ether oxygens (including phenoxy) is 1. The first kappa shape index (κ1) is 18.6. The fourth-order valence-corrected chi connectivity index (χ4v) is 3.37. The van der Waals surface area contributed by atoms with Crippen molar-refractivity contribution in [1.29, 1.82) is 0 Å². The van der Waals surface area contributed by atoms with Gasteiger partial charge in [0.05, 0.1) is 15.5 Å². The lowest BCUT2D eigenvalue weighted by Crippen LogP contribution is -2.29. The van der Waals surface area contributed by atoms with Crippen molar-refractivity contribution < 1.29 is 22.3 Å². The zero-order valence-corrected chi connectivity index (χ0v) is 15.5. The number of nitrogens with two attached hydrogens (primary N) is 1. The molecule has 0 saturated carbocycles. The van der Waals surface area contributed by atoms with Gasteiger partial charge >= 0.3 is 0 Å². The van der Waals surface area contributed by atoms with E-state index in [4.69, 9.17) is 21.5 Å². The Morgan fingerprint density at radius 3 is 2.19 bits per heavy atom. The molecule has 0 radical (unpaired) electrons. The van der Waals surface area contributed by atoms with Crippen LogP contribution in [-0.2, 0) is 19.6 Å².